The predicted octanol–water partition coefficient (Wildman–Crippen LogP) is 3.37. The van der Waals surface area contributed by atoms with Crippen LogP contribution in [0.5, 0.6) is 5.75 Å². The van der Waals surface area contributed by atoms with Crippen molar-refractivity contribution < 1.29 is 14.6 Å². The Morgan fingerprint density at radius 1 is 1.31 bits per heavy atom. The number of carbonyl (C=O) groups excluding carboxylic acids is 1. The van der Waals surface area contributed by atoms with E-state index in [9.17, 15) is 14.7 Å². The van der Waals surface area contributed by atoms with E-state index in [0.717, 1.165) is 44.3 Å². The van der Waals surface area contributed by atoms with Gasteiger partial charge in [0.05, 0.1) is 16.7 Å². The Morgan fingerprint density at radius 2 is 2.03 bits per heavy atom. The average Bonchev–Trinajstić information content (AvgIpc) is 3.69. The summed E-state index contributed by atoms with van der Waals surface area (Å²) in [5.74, 6) is 0.361. The van der Waals surface area contributed by atoms with Gasteiger partial charge < -0.3 is 25.0 Å². The minimum atomic E-state index is -0.757. The Kier molecular flexibility index (Phi) is 8.02. The number of nitrogens with one attached hydrogen (secondary N) is 2. The number of pyridine rings is 1. The van der Waals surface area contributed by atoms with E-state index in [-0.39, 0.29) is 24.1 Å². The van der Waals surface area contributed by atoms with E-state index in [1.807, 2.05) is 13.0 Å². The number of aliphatic hydroxyl groups is 1. The number of piperidine rings is 1. The van der Waals surface area contributed by atoms with E-state index >= 15 is 0 Å². The lowest BCUT2D eigenvalue weighted by molar-refractivity contribution is 0.0594. The summed E-state index contributed by atoms with van der Waals surface area (Å²) < 4.78 is 6.08. The molecule has 4 rings (SSSR count). The Hall–Kier alpha value is -2.57. The van der Waals surface area contributed by atoms with Crippen molar-refractivity contribution in [3.63, 3.8) is 0 Å². The molecule has 1 unspecified atom stereocenters. The van der Waals surface area contributed by atoms with Gasteiger partial charge in [0.2, 0.25) is 0 Å². The molecule has 1 aromatic heterocycles. The minimum Gasteiger partial charge on any atom is -0.489 e. The predicted molar refractivity (Wildman–Crippen MR) is 133 cm³/mol. The van der Waals surface area contributed by atoms with Crippen LogP contribution in [-0.4, -0.2) is 59.3 Å². The number of hydrogen-bond acceptors (Lipinski definition) is 6. The molecular formula is C25H28Cl2N4O4. The highest BCUT2D eigenvalue weighted by molar-refractivity contribution is 6.36. The monoisotopic (exact) mass is 518 g/mol. The average molecular weight is 519 g/mol. The van der Waals surface area contributed by atoms with Gasteiger partial charge in [0.15, 0.2) is 0 Å². The van der Waals surface area contributed by atoms with Gasteiger partial charge in [-0.2, -0.15) is 5.26 Å². The number of likely N-dealkylation sites (tertiary alicyclic amines) is 1. The molecule has 2 aliphatic rings. The summed E-state index contributed by atoms with van der Waals surface area (Å²) in [5, 5.41) is 23.5. The van der Waals surface area contributed by atoms with Crippen LogP contribution in [0.4, 0.5) is 0 Å². The molecule has 1 amide bonds. The number of halogens is 2. The molecule has 35 heavy (non-hydrogen) atoms. The number of H-pyrrole nitrogens is 1. The number of benzene rings is 1. The highest BCUT2D eigenvalue weighted by atomic mass is 35.5. The van der Waals surface area contributed by atoms with Crippen molar-refractivity contribution in [2.75, 3.05) is 26.2 Å². The van der Waals surface area contributed by atoms with Crippen molar-refractivity contribution in [1.82, 2.24) is 15.2 Å². The first-order chi connectivity index (χ1) is 16.8. The molecule has 0 radical (unpaired) electrons. The molecule has 1 saturated heterocycles. The van der Waals surface area contributed by atoms with E-state index in [1.54, 1.807) is 12.1 Å². The van der Waals surface area contributed by atoms with Crippen molar-refractivity contribution in [1.29, 1.82) is 5.26 Å². The molecule has 1 aromatic carbocycles. The van der Waals surface area contributed by atoms with Gasteiger partial charge in [-0.1, -0.05) is 23.2 Å². The van der Waals surface area contributed by atoms with Gasteiger partial charge in [-0.3, -0.25) is 9.59 Å². The lowest BCUT2D eigenvalue weighted by atomic mass is 10.1. The number of rotatable bonds is 8. The van der Waals surface area contributed by atoms with Gasteiger partial charge in [-0.25, -0.2) is 0 Å². The van der Waals surface area contributed by atoms with Gasteiger partial charge in [0, 0.05) is 36.9 Å². The number of hydrogen-bond donors (Lipinski definition) is 3. The summed E-state index contributed by atoms with van der Waals surface area (Å²) in [5.41, 5.74) is 1.08. The van der Waals surface area contributed by atoms with Crippen LogP contribution in [0.3, 0.4) is 0 Å². The first kappa shape index (κ1) is 25.5. The zero-order valence-corrected chi connectivity index (χ0v) is 21.0. The van der Waals surface area contributed by atoms with Crippen molar-refractivity contribution in [2.45, 2.75) is 50.7 Å². The van der Waals surface area contributed by atoms with Crippen molar-refractivity contribution in [3.8, 4) is 11.8 Å². The normalized spacial score (nSPS) is 17.6. The molecular weight excluding hydrogens is 491 g/mol. The third kappa shape index (κ3) is 6.17. The van der Waals surface area contributed by atoms with Gasteiger partial charge >= 0.3 is 0 Å². The van der Waals surface area contributed by atoms with E-state index in [0.29, 0.717) is 33.6 Å². The van der Waals surface area contributed by atoms with Crippen LogP contribution in [0.25, 0.3) is 0 Å². The van der Waals surface area contributed by atoms with Crippen molar-refractivity contribution in [2.24, 2.45) is 0 Å². The molecule has 0 spiro atoms. The minimum absolute atomic E-state index is 0.0246. The Morgan fingerprint density at radius 3 is 2.69 bits per heavy atom. The number of ether oxygens (including phenoxy) is 1. The maximum absolute atomic E-state index is 12.8. The van der Waals surface area contributed by atoms with Crippen molar-refractivity contribution in [3.05, 3.63) is 61.0 Å². The number of aromatic nitrogens is 1. The van der Waals surface area contributed by atoms with Gasteiger partial charge in [-0.15, -0.1) is 0 Å². The fourth-order valence-electron chi connectivity index (χ4n) is 4.29. The van der Waals surface area contributed by atoms with Crippen LogP contribution < -0.4 is 15.6 Å². The molecule has 10 heteroatoms. The lowest BCUT2D eigenvalue weighted by Gasteiger charge is -2.33. The number of aromatic amines is 1. The van der Waals surface area contributed by atoms with Crippen LogP contribution in [0.1, 0.15) is 58.8 Å². The third-order valence-corrected chi connectivity index (χ3v) is 7.38. The number of carbonyl (C=O) groups is 1. The zero-order valence-electron chi connectivity index (χ0n) is 19.4. The molecule has 186 valence electrons. The highest BCUT2D eigenvalue weighted by Crippen LogP contribution is 2.40. The summed E-state index contributed by atoms with van der Waals surface area (Å²) in [6.45, 7) is 3.83. The number of aliphatic hydroxyl groups excluding tert-OH is 1. The Balaban J connectivity index is 1.26. The van der Waals surface area contributed by atoms with Gasteiger partial charge in [0.25, 0.3) is 11.5 Å². The number of β-amino-alcohol motifs (C(OH)–C–C–N with tert-alkyl or cyclic N) is 1. The maximum atomic E-state index is 12.8. The van der Waals surface area contributed by atoms with E-state index in [4.69, 9.17) is 33.2 Å². The summed E-state index contributed by atoms with van der Waals surface area (Å²) in [6.07, 6.45) is 2.64. The molecule has 3 N–H and O–H groups in total. The summed E-state index contributed by atoms with van der Waals surface area (Å²) in [4.78, 5) is 29.5. The quantitative estimate of drug-likeness (QED) is 0.492. The molecule has 2 fully saturated rings. The maximum Gasteiger partial charge on any atom is 0.266 e. The van der Waals surface area contributed by atoms with Gasteiger partial charge in [0.1, 0.15) is 23.5 Å². The van der Waals surface area contributed by atoms with Crippen LogP contribution in [0, 0.1) is 18.3 Å². The fraction of sp³-hybridized carbons (Fsp3) is 0.480. The SMILES string of the molecule is Cc1c(Cl)ccc(OC2CCN(CC(O)CNC(=O)c3cc(C#N)c(=O)[nH]c3C3CC3)CC2)c1Cl. The third-order valence-electron chi connectivity index (χ3n) is 6.50. The molecule has 1 aliphatic heterocycles. The molecule has 2 heterocycles. The summed E-state index contributed by atoms with van der Waals surface area (Å²) in [6, 6.07) is 6.72. The van der Waals surface area contributed by atoms with Crippen molar-refractivity contribution >= 4 is 29.1 Å². The van der Waals surface area contributed by atoms with E-state index in [2.05, 4.69) is 15.2 Å². The Bertz CT molecular complexity index is 1200. The smallest absolute Gasteiger partial charge is 0.266 e. The summed E-state index contributed by atoms with van der Waals surface area (Å²) >= 11 is 12.5. The van der Waals surface area contributed by atoms with Crippen LogP contribution >= 0.6 is 23.2 Å². The second kappa shape index (κ2) is 11.0. The van der Waals surface area contributed by atoms with Crippen LogP contribution in [0.2, 0.25) is 10.0 Å². The second-order valence-electron chi connectivity index (χ2n) is 9.19. The molecule has 2 aromatic rings. The Labute approximate surface area is 213 Å². The lowest BCUT2D eigenvalue weighted by Crippen LogP contribution is -2.45. The second-order valence-corrected chi connectivity index (χ2v) is 9.98. The first-order valence-electron chi connectivity index (χ1n) is 11.7. The van der Waals surface area contributed by atoms with Gasteiger partial charge in [-0.05, 0) is 62.3 Å². The fourth-order valence-corrected chi connectivity index (χ4v) is 4.71. The zero-order chi connectivity index (χ0) is 25.1. The van der Waals surface area contributed by atoms with E-state index in [1.165, 1.54) is 6.07 Å². The summed E-state index contributed by atoms with van der Waals surface area (Å²) in [7, 11) is 0. The molecule has 8 nitrogen and oxygen atoms in total. The highest BCUT2D eigenvalue weighted by Gasteiger charge is 2.30. The van der Waals surface area contributed by atoms with Crippen LogP contribution in [-0.2, 0) is 0 Å². The first-order valence-corrected chi connectivity index (χ1v) is 12.5. The molecule has 0 bridgehead atoms. The number of nitriles is 1. The number of amides is 1. The molecule has 1 saturated carbocycles. The molecule has 1 aliphatic carbocycles. The van der Waals surface area contributed by atoms with E-state index < -0.39 is 17.6 Å². The standard InChI is InChI=1S/C25H28Cl2N4O4/c1-14-20(26)4-5-21(22(14)27)35-18-6-8-31(9-7-18)13-17(32)12-29-25(34)19-10-16(11-28)24(33)30-23(19)15-2-3-15/h4-5,10,15,17-18,32H,2-3,6-9,12-13H2,1H3,(H,29,34)(H,30,33). The molecule has 1 atom stereocenters. The van der Waals surface area contributed by atoms with Crippen LogP contribution in [0.15, 0.2) is 23.0 Å². The topological polar surface area (TPSA) is 118 Å². The number of nitrogens with zero attached hydrogens (tertiary/aromatic N) is 2. The largest absolute Gasteiger partial charge is 0.489 e.